The SMILES string of the molecule is C[C@H](Nc1nc(C(=O)NC2CC(O)C2)c2sccc2n1)c1ccccn1. The maximum Gasteiger partial charge on any atom is 0.271 e. The molecule has 0 spiro atoms. The van der Waals surface area contributed by atoms with Gasteiger partial charge in [0, 0.05) is 12.2 Å². The fourth-order valence-electron chi connectivity index (χ4n) is 2.94. The van der Waals surface area contributed by atoms with E-state index in [0.717, 1.165) is 15.9 Å². The minimum atomic E-state index is -0.316. The van der Waals surface area contributed by atoms with Gasteiger partial charge >= 0.3 is 0 Å². The molecule has 1 aliphatic carbocycles. The van der Waals surface area contributed by atoms with Gasteiger partial charge in [0.05, 0.1) is 28.1 Å². The largest absolute Gasteiger partial charge is 0.393 e. The van der Waals surface area contributed by atoms with Crippen molar-refractivity contribution >= 4 is 33.4 Å². The van der Waals surface area contributed by atoms with Crippen LogP contribution in [0.15, 0.2) is 35.8 Å². The van der Waals surface area contributed by atoms with Gasteiger partial charge < -0.3 is 15.7 Å². The highest BCUT2D eigenvalue weighted by molar-refractivity contribution is 7.17. The smallest absolute Gasteiger partial charge is 0.271 e. The predicted octanol–water partition coefficient (Wildman–Crippen LogP) is 2.51. The van der Waals surface area contributed by atoms with Gasteiger partial charge in [0.2, 0.25) is 5.95 Å². The molecule has 3 aromatic rings. The van der Waals surface area contributed by atoms with Gasteiger partial charge in [-0.2, -0.15) is 0 Å². The van der Waals surface area contributed by atoms with E-state index < -0.39 is 0 Å². The average molecular weight is 369 g/mol. The lowest BCUT2D eigenvalue weighted by Crippen LogP contribution is -2.47. The van der Waals surface area contributed by atoms with E-state index in [9.17, 15) is 9.90 Å². The zero-order chi connectivity index (χ0) is 18.1. The van der Waals surface area contributed by atoms with Gasteiger partial charge in [0.25, 0.3) is 5.91 Å². The van der Waals surface area contributed by atoms with Crippen LogP contribution in [0.25, 0.3) is 10.2 Å². The number of hydrogen-bond donors (Lipinski definition) is 3. The number of thiophene rings is 1. The Morgan fingerprint density at radius 1 is 1.31 bits per heavy atom. The summed E-state index contributed by atoms with van der Waals surface area (Å²) in [5.74, 6) is 0.165. The molecule has 134 valence electrons. The number of rotatable bonds is 5. The monoisotopic (exact) mass is 369 g/mol. The molecule has 3 heterocycles. The number of aliphatic hydroxyl groups is 1. The summed E-state index contributed by atoms with van der Waals surface area (Å²) in [7, 11) is 0. The Kier molecular flexibility index (Phi) is 4.52. The summed E-state index contributed by atoms with van der Waals surface area (Å²) < 4.78 is 0.762. The Morgan fingerprint density at radius 2 is 2.15 bits per heavy atom. The molecule has 0 bridgehead atoms. The molecule has 1 amide bonds. The van der Waals surface area contributed by atoms with Gasteiger partial charge in [-0.1, -0.05) is 6.07 Å². The minimum Gasteiger partial charge on any atom is -0.393 e. The van der Waals surface area contributed by atoms with Crippen LogP contribution in [0.5, 0.6) is 0 Å². The Bertz CT molecular complexity index is 924. The summed E-state index contributed by atoms with van der Waals surface area (Å²) in [5.41, 5.74) is 1.97. The van der Waals surface area contributed by atoms with Gasteiger partial charge in [-0.05, 0) is 43.3 Å². The van der Waals surface area contributed by atoms with E-state index in [4.69, 9.17) is 0 Å². The van der Waals surface area contributed by atoms with Crippen molar-refractivity contribution in [3.8, 4) is 0 Å². The molecule has 1 aliphatic rings. The number of fused-ring (bicyclic) bond motifs is 1. The number of amides is 1. The van der Waals surface area contributed by atoms with Gasteiger partial charge in [-0.3, -0.25) is 9.78 Å². The molecule has 7 nitrogen and oxygen atoms in total. The Hall–Kier alpha value is -2.58. The van der Waals surface area contributed by atoms with E-state index in [0.29, 0.717) is 24.5 Å². The molecule has 8 heteroatoms. The number of hydrogen-bond acceptors (Lipinski definition) is 7. The second-order valence-corrected chi connectivity index (χ2v) is 7.36. The zero-order valence-corrected chi connectivity index (χ0v) is 15.0. The summed E-state index contributed by atoms with van der Waals surface area (Å²) in [4.78, 5) is 26.0. The molecule has 0 aromatic carbocycles. The molecule has 3 aromatic heterocycles. The van der Waals surface area contributed by atoms with Crippen molar-refractivity contribution in [2.75, 3.05) is 5.32 Å². The van der Waals surface area contributed by atoms with Crippen LogP contribution in [0, 0.1) is 0 Å². The molecule has 1 fully saturated rings. The second kappa shape index (κ2) is 6.97. The Morgan fingerprint density at radius 3 is 2.88 bits per heavy atom. The van der Waals surface area contributed by atoms with E-state index in [1.807, 2.05) is 36.6 Å². The van der Waals surface area contributed by atoms with Gasteiger partial charge in [0.1, 0.15) is 0 Å². The number of carbonyl (C=O) groups excluding carboxylic acids is 1. The Labute approximate surface area is 154 Å². The van der Waals surface area contributed by atoms with E-state index in [2.05, 4.69) is 25.6 Å². The van der Waals surface area contributed by atoms with E-state index in [1.54, 1.807) is 6.20 Å². The molecule has 0 aliphatic heterocycles. The lowest BCUT2D eigenvalue weighted by Gasteiger charge is -2.31. The highest BCUT2D eigenvalue weighted by Crippen LogP contribution is 2.26. The summed E-state index contributed by atoms with van der Waals surface area (Å²) in [5, 5.41) is 17.5. The van der Waals surface area contributed by atoms with Crippen LogP contribution in [-0.4, -0.2) is 38.1 Å². The molecular formula is C18H19N5O2S. The molecule has 4 rings (SSSR count). The maximum absolute atomic E-state index is 12.7. The third-order valence-corrected chi connectivity index (χ3v) is 5.35. The van der Waals surface area contributed by atoms with Crippen molar-refractivity contribution in [2.45, 2.75) is 38.0 Å². The highest BCUT2D eigenvalue weighted by Gasteiger charge is 2.29. The van der Waals surface area contributed by atoms with Crippen molar-refractivity contribution in [1.29, 1.82) is 0 Å². The molecule has 1 saturated carbocycles. The normalized spacial score (nSPS) is 20.4. The number of nitrogens with zero attached hydrogens (tertiary/aromatic N) is 3. The quantitative estimate of drug-likeness (QED) is 0.639. The molecular weight excluding hydrogens is 350 g/mol. The van der Waals surface area contributed by atoms with E-state index >= 15 is 0 Å². The van der Waals surface area contributed by atoms with E-state index in [-0.39, 0.29) is 24.1 Å². The van der Waals surface area contributed by atoms with Gasteiger partial charge in [0.15, 0.2) is 5.69 Å². The third-order valence-electron chi connectivity index (χ3n) is 4.44. The number of nitrogens with one attached hydrogen (secondary N) is 2. The summed E-state index contributed by atoms with van der Waals surface area (Å²) in [6.07, 6.45) is 2.60. The van der Waals surface area contributed by atoms with Gasteiger partial charge in [-0.25, -0.2) is 9.97 Å². The first-order valence-corrected chi connectivity index (χ1v) is 9.40. The van der Waals surface area contributed by atoms with Gasteiger partial charge in [-0.15, -0.1) is 11.3 Å². The van der Waals surface area contributed by atoms with Crippen LogP contribution >= 0.6 is 11.3 Å². The second-order valence-electron chi connectivity index (χ2n) is 6.45. The molecule has 26 heavy (non-hydrogen) atoms. The average Bonchev–Trinajstić information content (AvgIpc) is 3.08. The third kappa shape index (κ3) is 3.38. The fraction of sp³-hybridized carbons (Fsp3) is 0.333. The molecule has 0 radical (unpaired) electrons. The summed E-state index contributed by atoms with van der Waals surface area (Å²) in [6, 6.07) is 7.51. The number of aliphatic hydroxyl groups excluding tert-OH is 1. The summed E-state index contributed by atoms with van der Waals surface area (Å²) in [6.45, 7) is 1.97. The van der Waals surface area contributed by atoms with Crippen molar-refractivity contribution in [1.82, 2.24) is 20.3 Å². The Balaban J connectivity index is 1.59. The number of carbonyl (C=O) groups is 1. The van der Waals surface area contributed by atoms with Crippen LogP contribution < -0.4 is 10.6 Å². The lowest BCUT2D eigenvalue weighted by atomic mass is 9.89. The van der Waals surface area contributed by atoms with Crippen LogP contribution in [0.3, 0.4) is 0 Å². The maximum atomic E-state index is 12.7. The topological polar surface area (TPSA) is 100 Å². The number of pyridine rings is 1. The first-order valence-electron chi connectivity index (χ1n) is 8.52. The molecule has 3 N–H and O–H groups in total. The standard InChI is InChI=1S/C18H19N5O2S/c1-10(13-4-2-3-6-19-13)20-18-22-14-5-7-26-16(14)15(23-18)17(25)21-11-8-12(24)9-11/h2-7,10-12,24H,8-9H2,1H3,(H,21,25)(H,20,22,23)/t10-,11?,12?/m0/s1. The van der Waals surface area contributed by atoms with Crippen LogP contribution in [0.2, 0.25) is 0 Å². The number of anilines is 1. The lowest BCUT2D eigenvalue weighted by molar-refractivity contribution is 0.0561. The molecule has 0 saturated heterocycles. The van der Waals surface area contributed by atoms with Crippen LogP contribution in [0.4, 0.5) is 5.95 Å². The zero-order valence-electron chi connectivity index (χ0n) is 14.2. The van der Waals surface area contributed by atoms with E-state index in [1.165, 1.54) is 11.3 Å². The van der Waals surface area contributed by atoms with Crippen LogP contribution in [0.1, 0.15) is 42.0 Å². The van der Waals surface area contributed by atoms with Crippen molar-refractivity contribution in [3.05, 3.63) is 47.2 Å². The van der Waals surface area contributed by atoms with Crippen molar-refractivity contribution in [2.24, 2.45) is 0 Å². The fourth-order valence-corrected chi connectivity index (χ4v) is 3.76. The van der Waals surface area contributed by atoms with Crippen molar-refractivity contribution < 1.29 is 9.90 Å². The number of aromatic nitrogens is 3. The first-order chi connectivity index (χ1) is 12.6. The highest BCUT2D eigenvalue weighted by atomic mass is 32.1. The first kappa shape index (κ1) is 16.9. The summed E-state index contributed by atoms with van der Waals surface area (Å²) >= 11 is 1.44. The minimum absolute atomic E-state index is 0.00586. The molecule has 1 atom stereocenters. The predicted molar refractivity (Wildman–Crippen MR) is 100 cm³/mol. The van der Waals surface area contributed by atoms with Crippen molar-refractivity contribution in [3.63, 3.8) is 0 Å². The molecule has 0 unspecified atom stereocenters. The van der Waals surface area contributed by atoms with Crippen LogP contribution in [-0.2, 0) is 0 Å².